The molecule has 4 saturated carbocycles. The lowest BCUT2D eigenvalue weighted by molar-refractivity contribution is -0.129. The third-order valence-corrected chi connectivity index (χ3v) is 11.7. The molecule has 10 nitrogen and oxygen atoms in total. The zero-order valence-electron chi connectivity index (χ0n) is 25.7. The average molecular weight is 614 g/mol. The van der Waals surface area contributed by atoms with E-state index < -0.39 is 19.5 Å². The predicted molar refractivity (Wildman–Crippen MR) is 161 cm³/mol. The second-order valence-corrected chi connectivity index (χ2v) is 20.3. The molecule has 2 N–H and O–H groups in total. The van der Waals surface area contributed by atoms with Crippen molar-refractivity contribution >= 4 is 19.9 Å². The minimum Gasteiger partial charge on any atom is -0.481 e. The molecule has 4 aliphatic carbocycles. The van der Waals surface area contributed by atoms with Crippen LogP contribution in [0.5, 0.6) is 5.88 Å². The Bertz CT molecular complexity index is 1400. The number of carbonyl (C=O) groups excluding carboxylic acids is 2. The fourth-order valence-corrected chi connectivity index (χ4v) is 8.17. The van der Waals surface area contributed by atoms with Crippen molar-refractivity contribution in [1.82, 2.24) is 25.0 Å². The van der Waals surface area contributed by atoms with Crippen molar-refractivity contribution in [2.45, 2.75) is 94.9 Å². The predicted octanol–water partition coefficient (Wildman–Crippen LogP) is 4.21. The Morgan fingerprint density at radius 1 is 1.19 bits per heavy atom. The van der Waals surface area contributed by atoms with Crippen LogP contribution in [0.25, 0.3) is 11.3 Å². The molecular formula is C31H44FN5O5Si. The first-order valence-electron chi connectivity index (χ1n) is 15.5. The molecule has 2 aromatic heterocycles. The van der Waals surface area contributed by atoms with Crippen LogP contribution in [0.3, 0.4) is 0 Å². The first-order valence-corrected chi connectivity index (χ1v) is 19.2. The maximum atomic E-state index is 15.0. The zero-order valence-corrected chi connectivity index (χ0v) is 26.7. The molecule has 5 aliphatic rings. The van der Waals surface area contributed by atoms with Crippen molar-refractivity contribution < 1.29 is 28.6 Å². The van der Waals surface area contributed by atoms with Crippen LogP contribution in [0.2, 0.25) is 25.7 Å². The number of rotatable bonds is 11. The maximum absolute atomic E-state index is 15.0. The monoisotopic (exact) mass is 613 g/mol. The van der Waals surface area contributed by atoms with Crippen LogP contribution >= 0.6 is 0 Å². The van der Waals surface area contributed by atoms with E-state index >= 15 is 0 Å². The number of methoxy groups -OCH3 is 1. The maximum Gasteiger partial charge on any atom is 0.274 e. The van der Waals surface area contributed by atoms with E-state index in [2.05, 4.69) is 35.0 Å². The van der Waals surface area contributed by atoms with Gasteiger partial charge in [0, 0.05) is 50.9 Å². The summed E-state index contributed by atoms with van der Waals surface area (Å²) < 4.78 is 27.7. The largest absolute Gasteiger partial charge is 0.481 e. The summed E-state index contributed by atoms with van der Waals surface area (Å²) in [6.45, 7) is 8.55. The molecule has 12 heteroatoms. The van der Waals surface area contributed by atoms with Crippen LogP contribution in [0.4, 0.5) is 4.39 Å². The third kappa shape index (κ3) is 6.10. The third-order valence-electron chi connectivity index (χ3n) is 10.0. The van der Waals surface area contributed by atoms with Gasteiger partial charge in [-0.15, -0.1) is 0 Å². The van der Waals surface area contributed by atoms with Gasteiger partial charge in [-0.3, -0.25) is 9.59 Å². The molecule has 1 aliphatic heterocycles. The van der Waals surface area contributed by atoms with Crippen LogP contribution in [-0.2, 0) is 16.3 Å². The van der Waals surface area contributed by atoms with E-state index in [9.17, 15) is 19.1 Å². The van der Waals surface area contributed by atoms with Gasteiger partial charge in [-0.25, -0.2) is 14.1 Å². The SMILES string of the molecule is COc1cc(-c2cc(C(=O)N3CCC(C(=O)NCC45CCC(O)(C4)C5)CC34CC4)nn2COCC[Si](C)(C)C)c(F)cn1. The number of pyridine rings is 1. The molecule has 7 rings (SSSR count). The van der Waals surface area contributed by atoms with Crippen molar-refractivity contribution in [3.05, 3.63) is 29.8 Å². The average Bonchev–Trinajstić information content (AvgIpc) is 3.28. The Kier molecular flexibility index (Phi) is 7.70. The molecule has 1 unspecified atom stereocenters. The van der Waals surface area contributed by atoms with Crippen molar-refractivity contribution in [3.8, 4) is 17.1 Å². The number of nitrogens with zero attached hydrogens (tertiary/aromatic N) is 4. The number of hydrogen-bond acceptors (Lipinski definition) is 7. The summed E-state index contributed by atoms with van der Waals surface area (Å²) in [5, 5.41) is 18.1. The Labute approximate surface area is 253 Å². The smallest absolute Gasteiger partial charge is 0.274 e. The molecule has 3 heterocycles. The van der Waals surface area contributed by atoms with Gasteiger partial charge < -0.3 is 24.8 Å². The Morgan fingerprint density at radius 2 is 1.95 bits per heavy atom. The quantitative estimate of drug-likeness (QED) is 0.288. The highest BCUT2D eigenvalue weighted by Gasteiger charge is 2.60. The van der Waals surface area contributed by atoms with E-state index in [1.54, 1.807) is 10.7 Å². The molecule has 2 bridgehead atoms. The number of ether oxygens (including phenoxy) is 2. The summed E-state index contributed by atoms with van der Waals surface area (Å²) >= 11 is 0. The highest BCUT2D eigenvalue weighted by molar-refractivity contribution is 6.76. The van der Waals surface area contributed by atoms with Crippen LogP contribution in [0, 0.1) is 17.2 Å². The van der Waals surface area contributed by atoms with Gasteiger partial charge >= 0.3 is 0 Å². The van der Waals surface area contributed by atoms with Gasteiger partial charge in [0.1, 0.15) is 6.73 Å². The van der Waals surface area contributed by atoms with Gasteiger partial charge in [0.25, 0.3) is 5.91 Å². The molecule has 1 spiro atoms. The summed E-state index contributed by atoms with van der Waals surface area (Å²) in [7, 11) is 0.160. The van der Waals surface area contributed by atoms with Crippen molar-refractivity contribution in [2.75, 3.05) is 26.8 Å². The summed E-state index contributed by atoms with van der Waals surface area (Å²) in [4.78, 5) is 32.9. The number of amides is 2. The minimum atomic E-state index is -1.31. The molecule has 234 valence electrons. The minimum absolute atomic E-state index is 0.0548. The van der Waals surface area contributed by atoms with E-state index in [0.717, 1.165) is 50.8 Å². The number of likely N-dealkylation sites (tertiary alicyclic amines) is 1. The van der Waals surface area contributed by atoms with E-state index in [4.69, 9.17) is 9.47 Å². The van der Waals surface area contributed by atoms with Crippen molar-refractivity contribution in [3.63, 3.8) is 0 Å². The van der Waals surface area contributed by atoms with Gasteiger partial charge in [-0.1, -0.05) is 19.6 Å². The highest BCUT2D eigenvalue weighted by atomic mass is 28.3. The Hall–Kier alpha value is -2.83. The standard InChI is InChI=1S/C31H44FN5O5Si/c1-41-26-13-22(23(32)16-33-26)25-14-24(35-37(25)20-42-11-12-43(2,3)4)28(39)36-10-5-21(15-30(36)7-8-30)27(38)34-19-29-6-9-31(40,17-29)18-29/h13-14,16,21,40H,5-12,15,17-20H2,1-4H3,(H,34,38). The second kappa shape index (κ2) is 11.0. The first kappa shape index (κ1) is 30.2. The number of halogens is 1. The lowest BCUT2D eigenvalue weighted by atomic mass is 9.67. The Balaban J connectivity index is 1.16. The number of aromatic nitrogens is 3. The van der Waals surface area contributed by atoms with E-state index in [1.165, 1.54) is 13.2 Å². The number of fused-ring (bicyclic) bond motifs is 1. The van der Waals surface area contributed by atoms with Crippen LogP contribution in [0.1, 0.15) is 61.9 Å². The zero-order chi connectivity index (χ0) is 30.6. The van der Waals surface area contributed by atoms with E-state index in [-0.39, 0.29) is 52.6 Å². The van der Waals surface area contributed by atoms with Crippen molar-refractivity contribution in [1.29, 1.82) is 0 Å². The molecule has 1 saturated heterocycles. The summed E-state index contributed by atoms with van der Waals surface area (Å²) in [5.41, 5.74) is 0.0920. The first-order chi connectivity index (χ1) is 20.3. The lowest BCUT2D eigenvalue weighted by Crippen LogP contribution is -2.53. The van der Waals surface area contributed by atoms with Gasteiger partial charge in [0.2, 0.25) is 11.8 Å². The number of aliphatic hydroxyl groups is 1. The summed E-state index contributed by atoms with van der Waals surface area (Å²) in [6.07, 6.45) is 7.38. The highest BCUT2D eigenvalue weighted by Crippen LogP contribution is 2.61. The molecular weight excluding hydrogens is 569 g/mol. The van der Waals surface area contributed by atoms with Crippen LogP contribution in [0.15, 0.2) is 18.3 Å². The number of hydrogen-bond donors (Lipinski definition) is 2. The fraction of sp³-hybridized carbons (Fsp3) is 0.677. The molecule has 1 atom stereocenters. The Morgan fingerprint density at radius 3 is 2.60 bits per heavy atom. The molecule has 2 amide bonds. The summed E-state index contributed by atoms with van der Waals surface area (Å²) in [6, 6.07) is 4.10. The van der Waals surface area contributed by atoms with Crippen LogP contribution in [-0.4, -0.2) is 82.6 Å². The second-order valence-electron chi connectivity index (χ2n) is 14.6. The van der Waals surface area contributed by atoms with Gasteiger partial charge in [-0.2, -0.15) is 5.10 Å². The van der Waals surface area contributed by atoms with Gasteiger partial charge in [0.15, 0.2) is 11.5 Å². The van der Waals surface area contributed by atoms with Gasteiger partial charge in [0.05, 0.1) is 24.6 Å². The molecule has 0 radical (unpaired) electrons. The number of carbonyl (C=O) groups is 2. The van der Waals surface area contributed by atoms with Crippen LogP contribution < -0.4 is 10.1 Å². The van der Waals surface area contributed by atoms with E-state index in [0.29, 0.717) is 38.2 Å². The molecule has 0 aromatic carbocycles. The topological polar surface area (TPSA) is 119 Å². The number of piperidine rings is 1. The normalized spacial score (nSPS) is 27.2. The van der Waals surface area contributed by atoms with E-state index in [1.807, 2.05) is 4.90 Å². The lowest BCUT2D eigenvalue weighted by Gasteiger charge is -2.44. The number of nitrogens with one attached hydrogen (secondary N) is 1. The van der Waals surface area contributed by atoms with Gasteiger partial charge in [-0.05, 0) is 68.9 Å². The molecule has 5 fully saturated rings. The molecule has 43 heavy (non-hydrogen) atoms. The molecule has 2 aromatic rings. The fourth-order valence-electron chi connectivity index (χ4n) is 7.41. The summed E-state index contributed by atoms with van der Waals surface area (Å²) in [5.74, 6) is -0.584. The van der Waals surface area contributed by atoms with Crippen molar-refractivity contribution in [2.24, 2.45) is 11.3 Å².